The number of para-hydroxylation sites is 1. The number of benzene rings is 11. The lowest BCUT2D eigenvalue weighted by atomic mass is 9.68. The Kier molecular flexibility index (Phi) is 9.33. The zero-order valence-corrected chi connectivity index (χ0v) is 38.9. The van der Waals surface area contributed by atoms with Crippen molar-refractivity contribution in [1.29, 1.82) is 0 Å². The van der Waals surface area contributed by atoms with Crippen LogP contribution >= 0.6 is 11.3 Å². The molecule has 0 bridgehead atoms. The summed E-state index contributed by atoms with van der Waals surface area (Å²) in [5.41, 5.74) is 19.2. The average molecular weight is 910 g/mol. The molecule has 2 heterocycles. The normalized spacial score (nSPS) is 12.7. The van der Waals surface area contributed by atoms with Crippen LogP contribution in [-0.4, -0.2) is 0 Å². The highest BCUT2D eigenvalue weighted by molar-refractivity contribution is 7.25. The zero-order chi connectivity index (χ0) is 46.2. The number of hydrogen-bond acceptors (Lipinski definition) is 3. The summed E-state index contributed by atoms with van der Waals surface area (Å²) < 4.78 is 8.79. The molecular weight excluding hydrogens is 867 g/mol. The Morgan fingerprint density at radius 2 is 0.886 bits per heavy atom. The minimum atomic E-state index is -0.522. The molecule has 1 aliphatic carbocycles. The maximum absolute atomic E-state index is 6.17. The Hall–Kier alpha value is -8.76. The standard InChI is InChI=1S/C67H43NOS/c1-3-18-49(19-4-1)67(50-20-5-2-6-21-50)58-26-10-7-23-55(58)66-59(67)27-15-28-60(66)68(52-39-34-45(35-40-52)53-25-14-31-64-65(53)56-24-9-12-30-63(56)70-64)51-37-32-44(33-38-51)46-16-13-17-47(42-46)48-36-41-62-57(43-48)54-22-8-11-29-61(54)69-62/h1-43H. The van der Waals surface area contributed by atoms with E-state index in [4.69, 9.17) is 4.42 Å². The molecule has 2 nitrogen and oxygen atoms in total. The van der Waals surface area contributed by atoms with Gasteiger partial charge in [0.1, 0.15) is 11.2 Å². The molecule has 1 aliphatic rings. The van der Waals surface area contributed by atoms with Crippen molar-refractivity contribution in [1.82, 2.24) is 0 Å². The molecule has 0 amide bonds. The van der Waals surface area contributed by atoms with Gasteiger partial charge in [0, 0.05) is 47.9 Å². The van der Waals surface area contributed by atoms with Crippen molar-refractivity contribution in [3.63, 3.8) is 0 Å². The SMILES string of the molecule is c1ccc(C2(c3ccccc3)c3ccccc3-c3c(N(c4ccc(-c5cccc(-c6ccc7oc8ccccc8c7c6)c5)cc4)c4ccc(-c5cccc6sc7ccccc7c56)cc4)cccc32)cc1. The Bertz CT molecular complexity index is 4070. The predicted molar refractivity (Wildman–Crippen MR) is 295 cm³/mol. The monoisotopic (exact) mass is 909 g/mol. The fourth-order valence-electron chi connectivity index (χ4n) is 11.5. The van der Waals surface area contributed by atoms with E-state index in [9.17, 15) is 0 Å². The van der Waals surface area contributed by atoms with Gasteiger partial charge in [-0.05, 0) is 128 Å². The van der Waals surface area contributed by atoms with Gasteiger partial charge in [-0.15, -0.1) is 11.3 Å². The molecule has 0 N–H and O–H groups in total. The van der Waals surface area contributed by atoms with Gasteiger partial charge in [0.25, 0.3) is 0 Å². The van der Waals surface area contributed by atoms with Crippen LogP contribution in [0.3, 0.4) is 0 Å². The van der Waals surface area contributed by atoms with E-state index in [1.165, 1.54) is 70.2 Å². The summed E-state index contributed by atoms with van der Waals surface area (Å²) in [6.07, 6.45) is 0. The molecule has 13 aromatic rings. The first kappa shape index (κ1) is 40.3. The first-order chi connectivity index (χ1) is 34.7. The second-order valence-corrected chi connectivity index (χ2v) is 19.4. The third kappa shape index (κ3) is 6.25. The summed E-state index contributed by atoms with van der Waals surface area (Å²) in [6.45, 7) is 0. The summed E-state index contributed by atoms with van der Waals surface area (Å²) >= 11 is 1.86. The molecule has 0 spiro atoms. The first-order valence-corrected chi connectivity index (χ1v) is 24.8. The van der Waals surface area contributed by atoms with Crippen molar-refractivity contribution in [3.05, 3.63) is 283 Å². The zero-order valence-electron chi connectivity index (χ0n) is 38.1. The molecular formula is C67H43NOS. The van der Waals surface area contributed by atoms with Gasteiger partial charge in [0.05, 0.1) is 11.1 Å². The molecule has 0 aliphatic heterocycles. The first-order valence-electron chi connectivity index (χ1n) is 24.0. The van der Waals surface area contributed by atoms with Gasteiger partial charge in [-0.2, -0.15) is 0 Å². The number of fused-ring (bicyclic) bond motifs is 9. The summed E-state index contributed by atoms with van der Waals surface area (Å²) in [6, 6.07) is 95.7. The van der Waals surface area contributed by atoms with Gasteiger partial charge in [0.2, 0.25) is 0 Å². The highest BCUT2D eigenvalue weighted by Crippen LogP contribution is 2.59. The van der Waals surface area contributed by atoms with Gasteiger partial charge in [-0.3, -0.25) is 0 Å². The average Bonchev–Trinajstić information content (AvgIpc) is 4.11. The van der Waals surface area contributed by atoms with Gasteiger partial charge in [0.15, 0.2) is 0 Å². The van der Waals surface area contributed by atoms with Gasteiger partial charge in [-0.1, -0.05) is 194 Å². The number of furan rings is 1. The smallest absolute Gasteiger partial charge is 0.135 e. The van der Waals surface area contributed by atoms with Crippen LogP contribution < -0.4 is 4.90 Å². The number of anilines is 3. The van der Waals surface area contributed by atoms with E-state index in [1.807, 2.05) is 23.5 Å². The Balaban J connectivity index is 0.928. The fourth-order valence-corrected chi connectivity index (χ4v) is 12.6. The van der Waals surface area contributed by atoms with Crippen molar-refractivity contribution in [2.75, 3.05) is 4.90 Å². The van der Waals surface area contributed by atoms with Crippen molar-refractivity contribution < 1.29 is 4.42 Å². The number of hydrogen-bond donors (Lipinski definition) is 0. The van der Waals surface area contributed by atoms with E-state index in [2.05, 4.69) is 254 Å². The molecule has 11 aromatic carbocycles. The lowest BCUT2D eigenvalue weighted by Gasteiger charge is -2.34. The topological polar surface area (TPSA) is 16.4 Å². The van der Waals surface area contributed by atoms with Crippen LogP contribution in [0, 0.1) is 0 Å². The van der Waals surface area contributed by atoms with Gasteiger partial charge < -0.3 is 9.32 Å². The van der Waals surface area contributed by atoms with Crippen LogP contribution in [0.15, 0.2) is 265 Å². The molecule has 0 atom stereocenters. The predicted octanol–water partition coefficient (Wildman–Crippen LogP) is 18.8. The van der Waals surface area contributed by atoms with Crippen molar-refractivity contribution in [3.8, 4) is 44.5 Å². The van der Waals surface area contributed by atoms with Crippen LogP contribution in [0.2, 0.25) is 0 Å². The maximum atomic E-state index is 6.17. The lowest BCUT2D eigenvalue weighted by molar-refractivity contribution is 0.669. The molecule has 0 radical (unpaired) electrons. The van der Waals surface area contributed by atoms with Crippen LogP contribution in [0.4, 0.5) is 17.1 Å². The second kappa shape index (κ2) is 16.2. The van der Waals surface area contributed by atoms with E-state index in [-0.39, 0.29) is 0 Å². The molecule has 2 aromatic heterocycles. The minimum absolute atomic E-state index is 0.522. The van der Waals surface area contributed by atoms with Crippen molar-refractivity contribution in [2.24, 2.45) is 0 Å². The molecule has 328 valence electrons. The van der Waals surface area contributed by atoms with Gasteiger partial charge >= 0.3 is 0 Å². The Labute approximate surface area is 410 Å². The Morgan fingerprint density at radius 1 is 0.343 bits per heavy atom. The molecule has 0 saturated heterocycles. The third-order valence-corrected chi connectivity index (χ3v) is 15.7. The maximum Gasteiger partial charge on any atom is 0.135 e. The van der Waals surface area contributed by atoms with E-state index < -0.39 is 5.41 Å². The molecule has 3 heteroatoms. The van der Waals surface area contributed by atoms with Crippen molar-refractivity contribution in [2.45, 2.75) is 5.41 Å². The summed E-state index contributed by atoms with van der Waals surface area (Å²) in [5.74, 6) is 0. The third-order valence-electron chi connectivity index (χ3n) is 14.6. The number of thiophene rings is 1. The van der Waals surface area contributed by atoms with E-state index in [0.717, 1.165) is 55.7 Å². The van der Waals surface area contributed by atoms with Crippen LogP contribution in [0.25, 0.3) is 86.6 Å². The van der Waals surface area contributed by atoms with Gasteiger partial charge in [-0.25, -0.2) is 0 Å². The minimum Gasteiger partial charge on any atom is -0.456 e. The Morgan fingerprint density at radius 3 is 1.66 bits per heavy atom. The number of nitrogens with zero attached hydrogens (tertiary/aromatic N) is 1. The highest BCUT2D eigenvalue weighted by atomic mass is 32.1. The molecule has 0 saturated carbocycles. The van der Waals surface area contributed by atoms with Crippen LogP contribution in [0.1, 0.15) is 22.3 Å². The fraction of sp³-hybridized carbons (Fsp3) is 0.0149. The largest absolute Gasteiger partial charge is 0.456 e. The van der Waals surface area contributed by atoms with E-state index in [1.54, 1.807) is 0 Å². The summed E-state index contributed by atoms with van der Waals surface area (Å²) in [5, 5.41) is 4.89. The highest BCUT2D eigenvalue weighted by Gasteiger charge is 2.47. The molecule has 14 rings (SSSR count). The lowest BCUT2D eigenvalue weighted by Crippen LogP contribution is -2.28. The summed E-state index contributed by atoms with van der Waals surface area (Å²) in [4.78, 5) is 2.47. The summed E-state index contributed by atoms with van der Waals surface area (Å²) in [7, 11) is 0. The molecule has 70 heavy (non-hydrogen) atoms. The number of rotatable bonds is 8. The van der Waals surface area contributed by atoms with Crippen LogP contribution in [-0.2, 0) is 5.41 Å². The quantitative estimate of drug-likeness (QED) is 0.151. The van der Waals surface area contributed by atoms with E-state index >= 15 is 0 Å². The molecule has 0 unspecified atom stereocenters. The second-order valence-electron chi connectivity index (χ2n) is 18.3. The van der Waals surface area contributed by atoms with E-state index in [0.29, 0.717) is 0 Å². The molecule has 0 fully saturated rings. The van der Waals surface area contributed by atoms with Crippen LogP contribution in [0.5, 0.6) is 0 Å². The van der Waals surface area contributed by atoms with Crippen molar-refractivity contribution >= 4 is 70.5 Å².